The molecule has 0 aliphatic rings. The molecule has 1 heterocycles. The largest absolute Gasteiger partial charge is 0.478 e. The maximum atomic E-state index is 11.8. The molecule has 80 valence electrons. The van der Waals surface area contributed by atoms with E-state index in [2.05, 4.69) is 0 Å². The summed E-state index contributed by atoms with van der Waals surface area (Å²) >= 11 is 0. The average Bonchev–Trinajstić information content (AvgIpc) is 2.81. The van der Waals surface area contributed by atoms with Crippen molar-refractivity contribution in [1.82, 2.24) is 0 Å². The molecule has 0 saturated carbocycles. The first-order valence-electron chi connectivity index (χ1n) is 4.60. The zero-order valence-electron chi connectivity index (χ0n) is 8.21. The Kier molecular flexibility index (Phi) is 2.55. The zero-order chi connectivity index (χ0) is 11.5. The third kappa shape index (κ3) is 1.86. The second-order valence-electron chi connectivity index (χ2n) is 3.19. The predicted molar refractivity (Wildman–Crippen MR) is 55.5 cm³/mol. The van der Waals surface area contributed by atoms with E-state index in [9.17, 15) is 9.59 Å². The first-order valence-corrected chi connectivity index (χ1v) is 4.60. The molecule has 1 aromatic heterocycles. The van der Waals surface area contributed by atoms with Gasteiger partial charge in [-0.15, -0.1) is 0 Å². The lowest BCUT2D eigenvalue weighted by Crippen LogP contribution is -2.03. The number of carbonyl (C=O) groups is 2. The summed E-state index contributed by atoms with van der Waals surface area (Å²) < 4.78 is 4.95. The topological polar surface area (TPSA) is 67.5 Å². The molecule has 0 aliphatic carbocycles. The standard InChI is InChI=1S/C12H8O4/c13-11(10-5-2-6-16-10)8-3-1-4-9(7-8)12(14)15/h1-7H,(H,14,15). The summed E-state index contributed by atoms with van der Waals surface area (Å²) in [4.78, 5) is 22.5. The van der Waals surface area contributed by atoms with Crippen LogP contribution in [0.15, 0.2) is 47.1 Å². The smallest absolute Gasteiger partial charge is 0.335 e. The summed E-state index contributed by atoms with van der Waals surface area (Å²) in [5, 5.41) is 8.79. The summed E-state index contributed by atoms with van der Waals surface area (Å²) in [5.41, 5.74) is 0.382. The second kappa shape index (κ2) is 4.02. The monoisotopic (exact) mass is 216 g/mol. The van der Waals surface area contributed by atoms with E-state index in [1.165, 1.54) is 30.5 Å². The summed E-state index contributed by atoms with van der Waals surface area (Å²) in [6.45, 7) is 0. The molecule has 0 atom stereocenters. The first kappa shape index (κ1) is 10.2. The maximum absolute atomic E-state index is 11.8. The van der Waals surface area contributed by atoms with Gasteiger partial charge in [-0.1, -0.05) is 12.1 Å². The summed E-state index contributed by atoms with van der Waals surface area (Å²) in [6.07, 6.45) is 1.40. The van der Waals surface area contributed by atoms with Crippen LogP contribution in [-0.2, 0) is 0 Å². The van der Waals surface area contributed by atoms with E-state index in [4.69, 9.17) is 9.52 Å². The minimum absolute atomic E-state index is 0.0809. The number of carboxylic acid groups (broad SMARTS) is 1. The van der Waals surface area contributed by atoms with Gasteiger partial charge in [-0.05, 0) is 24.3 Å². The van der Waals surface area contributed by atoms with E-state index in [1.807, 2.05) is 0 Å². The molecule has 16 heavy (non-hydrogen) atoms. The lowest BCUT2D eigenvalue weighted by molar-refractivity contribution is 0.0697. The van der Waals surface area contributed by atoms with Crippen LogP contribution in [0.4, 0.5) is 0 Å². The third-order valence-electron chi connectivity index (χ3n) is 2.12. The van der Waals surface area contributed by atoms with Gasteiger partial charge in [0.1, 0.15) is 0 Å². The van der Waals surface area contributed by atoms with Gasteiger partial charge in [-0.3, -0.25) is 4.79 Å². The van der Waals surface area contributed by atoms with Crippen LogP contribution in [0.1, 0.15) is 26.5 Å². The Bertz CT molecular complexity index is 526. The van der Waals surface area contributed by atoms with Crippen LogP contribution in [0.25, 0.3) is 0 Å². The van der Waals surface area contributed by atoms with Gasteiger partial charge in [0, 0.05) is 5.56 Å². The van der Waals surface area contributed by atoms with E-state index < -0.39 is 5.97 Å². The Balaban J connectivity index is 2.38. The zero-order valence-corrected chi connectivity index (χ0v) is 8.21. The Morgan fingerprint density at radius 2 is 1.81 bits per heavy atom. The fourth-order valence-corrected chi connectivity index (χ4v) is 1.34. The van der Waals surface area contributed by atoms with Gasteiger partial charge in [0.05, 0.1) is 11.8 Å². The summed E-state index contributed by atoms with van der Waals surface area (Å²) in [5.74, 6) is -1.19. The Hall–Kier alpha value is -2.36. The fraction of sp³-hybridized carbons (Fsp3) is 0. The quantitative estimate of drug-likeness (QED) is 0.798. The molecule has 0 aliphatic heterocycles. The highest BCUT2D eigenvalue weighted by Gasteiger charge is 2.13. The molecule has 2 aromatic rings. The predicted octanol–water partition coefficient (Wildman–Crippen LogP) is 2.21. The normalized spacial score (nSPS) is 10.0. The van der Waals surface area contributed by atoms with Gasteiger partial charge >= 0.3 is 5.97 Å². The molecule has 0 spiro atoms. The van der Waals surface area contributed by atoms with Crippen molar-refractivity contribution in [2.75, 3.05) is 0 Å². The molecule has 0 fully saturated rings. The highest BCUT2D eigenvalue weighted by atomic mass is 16.4. The minimum Gasteiger partial charge on any atom is -0.478 e. The first-order chi connectivity index (χ1) is 7.68. The highest BCUT2D eigenvalue weighted by molar-refractivity contribution is 6.08. The number of furan rings is 1. The molecule has 0 amide bonds. The lowest BCUT2D eigenvalue weighted by Gasteiger charge is -1.99. The molecule has 4 nitrogen and oxygen atoms in total. The van der Waals surface area contributed by atoms with Crippen molar-refractivity contribution in [3.63, 3.8) is 0 Å². The maximum Gasteiger partial charge on any atom is 0.335 e. The van der Waals surface area contributed by atoms with E-state index in [1.54, 1.807) is 12.1 Å². The van der Waals surface area contributed by atoms with Gasteiger partial charge in [0.15, 0.2) is 5.76 Å². The van der Waals surface area contributed by atoms with Gasteiger partial charge in [0.2, 0.25) is 5.78 Å². The highest BCUT2D eigenvalue weighted by Crippen LogP contribution is 2.12. The SMILES string of the molecule is O=C(O)c1cccc(C(=O)c2ccco2)c1. The van der Waals surface area contributed by atoms with Crippen molar-refractivity contribution >= 4 is 11.8 Å². The van der Waals surface area contributed by atoms with Crippen molar-refractivity contribution in [2.45, 2.75) is 0 Å². The Morgan fingerprint density at radius 1 is 1.06 bits per heavy atom. The van der Waals surface area contributed by atoms with Crippen LogP contribution in [0, 0.1) is 0 Å². The van der Waals surface area contributed by atoms with Crippen LogP contribution in [0.3, 0.4) is 0 Å². The van der Waals surface area contributed by atoms with Crippen molar-refractivity contribution in [1.29, 1.82) is 0 Å². The second-order valence-corrected chi connectivity index (χ2v) is 3.19. The van der Waals surface area contributed by atoms with E-state index in [-0.39, 0.29) is 17.1 Å². The lowest BCUT2D eigenvalue weighted by atomic mass is 10.1. The van der Waals surface area contributed by atoms with Crippen LogP contribution >= 0.6 is 0 Å². The van der Waals surface area contributed by atoms with Crippen LogP contribution in [0.2, 0.25) is 0 Å². The molecule has 4 heteroatoms. The van der Waals surface area contributed by atoms with Crippen LogP contribution < -0.4 is 0 Å². The number of aromatic carboxylic acids is 1. The number of benzene rings is 1. The van der Waals surface area contributed by atoms with Crippen LogP contribution in [0.5, 0.6) is 0 Å². The number of hydrogen-bond donors (Lipinski definition) is 1. The van der Waals surface area contributed by atoms with Gasteiger partial charge in [0.25, 0.3) is 0 Å². The van der Waals surface area contributed by atoms with E-state index in [0.29, 0.717) is 5.56 Å². The number of carbonyl (C=O) groups excluding carboxylic acids is 1. The van der Waals surface area contributed by atoms with Crippen molar-refractivity contribution in [3.05, 3.63) is 59.5 Å². The van der Waals surface area contributed by atoms with Gasteiger partial charge in [-0.2, -0.15) is 0 Å². The Labute approximate surface area is 91.1 Å². The number of carboxylic acids is 1. The molecule has 0 radical (unpaired) electrons. The molecule has 0 unspecified atom stereocenters. The van der Waals surface area contributed by atoms with Gasteiger partial charge < -0.3 is 9.52 Å². The third-order valence-corrected chi connectivity index (χ3v) is 2.12. The van der Waals surface area contributed by atoms with E-state index >= 15 is 0 Å². The molecule has 0 saturated heterocycles. The Morgan fingerprint density at radius 3 is 2.44 bits per heavy atom. The summed E-state index contributed by atoms with van der Waals surface area (Å²) in [7, 11) is 0. The molecular formula is C12H8O4. The molecular weight excluding hydrogens is 208 g/mol. The molecule has 1 aromatic carbocycles. The fourth-order valence-electron chi connectivity index (χ4n) is 1.34. The number of ketones is 1. The molecule has 2 rings (SSSR count). The van der Waals surface area contributed by atoms with Crippen molar-refractivity contribution < 1.29 is 19.1 Å². The van der Waals surface area contributed by atoms with Crippen molar-refractivity contribution in [2.24, 2.45) is 0 Å². The van der Waals surface area contributed by atoms with Crippen LogP contribution in [-0.4, -0.2) is 16.9 Å². The average molecular weight is 216 g/mol. The van der Waals surface area contributed by atoms with Crippen molar-refractivity contribution in [3.8, 4) is 0 Å². The molecule has 0 bridgehead atoms. The molecule has 1 N–H and O–H groups in total. The summed E-state index contributed by atoms with van der Waals surface area (Å²) in [6, 6.07) is 8.98. The number of rotatable bonds is 3. The number of hydrogen-bond acceptors (Lipinski definition) is 3. The minimum atomic E-state index is -1.06. The van der Waals surface area contributed by atoms with E-state index in [0.717, 1.165) is 0 Å². The van der Waals surface area contributed by atoms with Gasteiger partial charge in [-0.25, -0.2) is 4.79 Å².